The van der Waals surface area contributed by atoms with Crippen molar-refractivity contribution in [2.24, 2.45) is 11.3 Å². The molecule has 4 heteroatoms. The largest absolute Gasteiger partial charge is 0.481 e. The number of ether oxygens (including phenoxy) is 1. The van der Waals surface area contributed by atoms with Gasteiger partial charge in [-0.05, 0) is 31.2 Å². The molecule has 0 aromatic rings. The molecule has 0 spiro atoms. The first kappa shape index (κ1) is 12.8. The summed E-state index contributed by atoms with van der Waals surface area (Å²) in [4.78, 5) is 13.6. The van der Waals surface area contributed by atoms with Crippen LogP contribution in [0.2, 0.25) is 0 Å². The van der Waals surface area contributed by atoms with Crippen molar-refractivity contribution in [1.29, 1.82) is 0 Å². The maximum Gasteiger partial charge on any atom is 0.308 e. The molecule has 4 nitrogen and oxygen atoms in total. The lowest BCUT2D eigenvalue weighted by Crippen LogP contribution is -2.49. The number of hydrogen-bond donors (Lipinski definition) is 1. The van der Waals surface area contributed by atoms with Gasteiger partial charge >= 0.3 is 5.97 Å². The molecule has 0 aliphatic carbocycles. The minimum atomic E-state index is -0.660. The first-order valence-electron chi connectivity index (χ1n) is 6.56. The third kappa shape index (κ3) is 2.99. The van der Waals surface area contributed by atoms with Gasteiger partial charge in [0, 0.05) is 19.7 Å². The van der Waals surface area contributed by atoms with Gasteiger partial charge in [-0.3, -0.25) is 9.69 Å². The van der Waals surface area contributed by atoms with Crippen LogP contribution in [-0.2, 0) is 9.53 Å². The maximum atomic E-state index is 11.3. The second kappa shape index (κ2) is 4.94. The Morgan fingerprint density at radius 2 is 2.29 bits per heavy atom. The quantitative estimate of drug-likeness (QED) is 0.815. The highest BCUT2D eigenvalue weighted by molar-refractivity contribution is 5.71. The highest BCUT2D eigenvalue weighted by Crippen LogP contribution is 2.36. The lowest BCUT2D eigenvalue weighted by molar-refractivity contribution is -0.149. The van der Waals surface area contributed by atoms with E-state index < -0.39 is 5.97 Å². The molecule has 2 heterocycles. The third-order valence-corrected chi connectivity index (χ3v) is 4.24. The predicted molar refractivity (Wildman–Crippen MR) is 64.9 cm³/mol. The SMILES string of the molecule is CC1(C)CCN(CC2CCCO2)CC1C(=O)O. The smallest absolute Gasteiger partial charge is 0.308 e. The topological polar surface area (TPSA) is 49.8 Å². The average molecular weight is 241 g/mol. The fourth-order valence-electron chi connectivity index (χ4n) is 2.87. The van der Waals surface area contributed by atoms with E-state index in [2.05, 4.69) is 18.7 Å². The highest BCUT2D eigenvalue weighted by Gasteiger charge is 2.40. The van der Waals surface area contributed by atoms with Gasteiger partial charge < -0.3 is 9.84 Å². The molecule has 2 aliphatic rings. The molecule has 2 unspecified atom stereocenters. The fraction of sp³-hybridized carbons (Fsp3) is 0.923. The Bertz CT molecular complexity index is 284. The molecular formula is C13H23NO3. The number of aliphatic carboxylic acids is 1. The normalized spacial score (nSPS) is 33.8. The molecule has 98 valence electrons. The third-order valence-electron chi connectivity index (χ3n) is 4.24. The molecule has 0 saturated carbocycles. The number of likely N-dealkylation sites (tertiary alicyclic amines) is 1. The molecule has 0 aromatic carbocycles. The summed E-state index contributed by atoms with van der Waals surface area (Å²) in [5, 5.41) is 9.29. The van der Waals surface area contributed by atoms with Gasteiger partial charge in [0.05, 0.1) is 12.0 Å². The molecule has 17 heavy (non-hydrogen) atoms. The summed E-state index contributed by atoms with van der Waals surface area (Å²) in [6.45, 7) is 7.56. The second-order valence-corrected chi connectivity index (χ2v) is 6.02. The van der Waals surface area contributed by atoms with E-state index >= 15 is 0 Å². The number of carbonyl (C=O) groups is 1. The minimum absolute atomic E-state index is 0.0845. The summed E-state index contributed by atoms with van der Waals surface area (Å²) in [7, 11) is 0. The van der Waals surface area contributed by atoms with Crippen LogP contribution < -0.4 is 0 Å². The zero-order valence-corrected chi connectivity index (χ0v) is 10.8. The van der Waals surface area contributed by atoms with Gasteiger partial charge in [-0.2, -0.15) is 0 Å². The van der Waals surface area contributed by atoms with E-state index in [1.54, 1.807) is 0 Å². The predicted octanol–water partition coefficient (Wildman–Crippen LogP) is 1.60. The zero-order valence-electron chi connectivity index (χ0n) is 10.8. The van der Waals surface area contributed by atoms with Crippen LogP contribution in [0.1, 0.15) is 33.1 Å². The molecular weight excluding hydrogens is 218 g/mol. The van der Waals surface area contributed by atoms with Crippen molar-refractivity contribution in [3.8, 4) is 0 Å². The number of carboxylic acid groups (broad SMARTS) is 1. The number of piperidine rings is 1. The van der Waals surface area contributed by atoms with Crippen LogP contribution in [-0.4, -0.2) is 48.3 Å². The van der Waals surface area contributed by atoms with Crippen LogP contribution in [0.3, 0.4) is 0 Å². The number of rotatable bonds is 3. The van der Waals surface area contributed by atoms with Gasteiger partial charge in [0.2, 0.25) is 0 Å². The van der Waals surface area contributed by atoms with Crippen LogP contribution in [0.15, 0.2) is 0 Å². The molecule has 2 aliphatic heterocycles. The highest BCUT2D eigenvalue weighted by atomic mass is 16.5. The molecule has 0 bridgehead atoms. The van der Waals surface area contributed by atoms with Gasteiger partial charge in [-0.25, -0.2) is 0 Å². The molecule has 2 saturated heterocycles. The van der Waals surface area contributed by atoms with Gasteiger partial charge in [0.1, 0.15) is 0 Å². The second-order valence-electron chi connectivity index (χ2n) is 6.02. The molecule has 0 amide bonds. The van der Waals surface area contributed by atoms with E-state index in [1.807, 2.05) is 0 Å². The standard InChI is InChI=1S/C13H23NO3/c1-13(2)5-6-14(9-11(13)12(15)16)8-10-4-3-7-17-10/h10-11H,3-9H2,1-2H3,(H,15,16). The van der Waals surface area contributed by atoms with Gasteiger partial charge in [-0.15, -0.1) is 0 Å². The Morgan fingerprint density at radius 3 is 2.88 bits per heavy atom. The Labute approximate surface area is 103 Å². The molecule has 1 N–H and O–H groups in total. The van der Waals surface area contributed by atoms with Crippen LogP contribution in [0.25, 0.3) is 0 Å². The van der Waals surface area contributed by atoms with E-state index in [9.17, 15) is 9.90 Å². The lowest BCUT2D eigenvalue weighted by Gasteiger charge is -2.42. The number of carboxylic acids is 1. The fourth-order valence-corrected chi connectivity index (χ4v) is 2.87. The average Bonchev–Trinajstić information content (AvgIpc) is 2.73. The molecule has 0 radical (unpaired) electrons. The van der Waals surface area contributed by atoms with Gasteiger partial charge in [0.15, 0.2) is 0 Å². The molecule has 0 aromatic heterocycles. The summed E-state index contributed by atoms with van der Waals surface area (Å²) in [5.74, 6) is -0.912. The van der Waals surface area contributed by atoms with E-state index in [0.717, 1.165) is 39.0 Å². The first-order chi connectivity index (χ1) is 7.99. The van der Waals surface area contributed by atoms with Crippen molar-refractivity contribution in [3.63, 3.8) is 0 Å². The lowest BCUT2D eigenvalue weighted by atomic mass is 9.73. The van der Waals surface area contributed by atoms with Crippen molar-refractivity contribution >= 4 is 5.97 Å². The van der Waals surface area contributed by atoms with Gasteiger partial charge in [-0.1, -0.05) is 13.8 Å². The monoisotopic (exact) mass is 241 g/mol. The van der Waals surface area contributed by atoms with Crippen molar-refractivity contribution in [3.05, 3.63) is 0 Å². The van der Waals surface area contributed by atoms with Crippen LogP contribution in [0, 0.1) is 11.3 Å². The van der Waals surface area contributed by atoms with Crippen molar-refractivity contribution in [1.82, 2.24) is 4.90 Å². The number of hydrogen-bond acceptors (Lipinski definition) is 3. The molecule has 2 fully saturated rings. The summed E-state index contributed by atoms with van der Waals surface area (Å²) in [6.07, 6.45) is 3.55. The van der Waals surface area contributed by atoms with Crippen molar-refractivity contribution in [2.75, 3.05) is 26.2 Å². The van der Waals surface area contributed by atoms with E-state index in [-0.39, 0.29) is 11.3 Å². The summed E-state index contributed by atoms with van der Waals surface area (Å²) >= 11 is 0. The van der Waals surface area contributed by atoms with Crippen molar-refractivity contribution in [2.45, 2.75) is 39.2 Å². The van der Waals surface area contributed by atoms with Crippen LogP contribution in [0.4, 0.5) is 0 Å². The van der Waals surface area contributed by atoms with Crippen LogP contribution in [0.5, 0.6) is 0 Å². The Morgan fingerprint density at radius 1 is 1.53 bits per heavy atom. The Kier molecular flexibility index (Phi) is 3.73. The van der Waals surface area contributed by atoms with Crippen molar-refractivity contribution < 1.29 is 14.6 Å². The maximum absolute atomic E-state index is 11.3. The summed E-state index contributed by atoms with van der Waals surface area (Å²) in [6, 6.07) is 0. The van der Waals surface area contributed by atoms with Gasteiger partial charge in [0.25, 0.3) is 0 Å². The van der Waals surface area contributed by atoms with E-state index in [1.165, 1.54) is 0 Å². The Balaban J connectivity index is 1.91. The number of nitrogens with zero attached hydrogens (tertiary/aromatic N) is 1. The molecule has 2 atom stereocenters. The first-order valence-corrected chi connectivity index (χ1v) is 6.56. The zero-order chi connectivity index (χ0) is 12.5. The Hall–Kier alpha value is -0.610. The summed E-state index contributed by atoms with van der Waals surface area (Å²) in [5.41, 5.74) is -0.0845. The minimum Gasteiger partial charge on any atom is -0.481 e. The summed E-state index contributed by atoms with van der Waals surface area (Å²) < 4.78 is 5.61. The van der Waals surface area contributed by atoms with E-state index in [4.69, 9.17) is 4.74 Å². The van der Waals surface area contributed by atoms with Crippen LogP contribution >= 0.6 is 0 Å². The molecule has 2 rings (SSSR count). The van der Waals surface area contributed by atoms with E-state index in [0.29, 0.717) is 12.6 Å².